The number of nitrogens with one attached hydrogen (secondary N) is 1. The van der Waals surface area contributed by atoms with Gasteiger partial charge in [0.25, 0.3) is 0 Å². The van der Waals surface area contributed by atoms with E-state index in [0.29, 0.717) is 23.1 Å². The van der Waals surface area contributed by atoms with Crippen LogP contribution in [0.3, 0.4) is 0 Å². The number of benzene rings is 3. The van der Waals surface area contributed by atoms with E-state index in [2.05, 4.69) is 32.1 Å². The second-order valence-electron chi connectivity index (χ2n) is 11.2. The van der Waals surface area contributed by atoms with Gasteiger partial charge >= 0.3 is 12.4 Å². The number of nitrogens with zero attached hydrogens (tertiary/aromatic N) is 5. The average Bonchev–Trinajstić information content (AvgIpc) is 3.50. The van der Waals surface area contributed by atoms with E-state index in [0.717, 1.165) is 34.6 Å². The lowest BCUT2D eigenvalue weighted by Crippen LogP contribution is -2.43. The Morgan fingerprint density at radius 3 is 2.48 bits per heavy atom. The summed E-state index contributed by atoms with van der Waals surface area (Å²) in [5.41, 5.74) is 3.84. The minimum Gasteiger partial charge on any atom is -0.406 e. The Morgan fingerprint density at radius 1 is 1.11 bits per heavy atom. The lowest BCUT2D eigenvalue weighted by atomic mass is 9.99. The van der Waals surface area contributed by atoms with Crippen LogP contribution in [0.1, 0.15) is 63.6 Å². The lowest BCUT2D eigenvalue weighted by Gasteiger charge is -2.37. The highest BCUT2D eigenvalue weighted by molar-refractivity contribution is 8.14. The molecule has 242 valence electrons. The van der Waals surface area contributed by atoms with E-state index in [1.54, 1.807) is 12.1 Å². The van der Waals surface area contributed by atoms with E-state index < -0.39 is 12.4 Å². The topological polar surface area (TPSA) is 84.6 Å². The van der Waals surface area contributed by atoms with E-state index in [1.807, 2.05) is 49.9 Å². The normalized spacial score (nSPS) is 16.9. The number of aliphatic imine (C=N–C) groups is 1. The maximum atomic E-state index is 14.1. The van der Waals surface area contributed by atoms with Crippen LogP contribution in [-0.2, 0) is 0 Å². The molecule has 2 amide bonds. The van der Waals surface area contributed by atoms with Gasteiger partial charge in [0.05, 0.1) is 11.7 Å². The fourth-order valence-corrected chi connectivity index (χ4v) is 6.42. The molecule has 4 aromatic rings. The molecule has 0 spiro atoms. The molecule has 46 heavy (non-hydrogen) atoms. The molecule has 1 aromatic heterocycles. The van der Waals surface area contributed by atoms with Gasteiger partial charge in [-0.25, -0.2) is 18.9 Å². The highest BCUT2D eigenvalue weighted by Gasteiger charge is 2.31. The molecule has 2 heterocycles. The van der Waals surface area contributed by atoms with Gasteiger partial charge in [0.2, 0.25) is 0 Å². The van der Waals surface area contributed by atoms with Crippen molar-refractivity contribution in [1.82, 2.24) is 20.1 Å². The molecule has 13 heteroatoms. The fourth-order valence-electron chi connectivity index (χ4n) is 5.22. The first-order chi connectivity index (χ1) is 21.9. The minimum absolute atomic E-state index is 0.0876. The van der Waals surface area contributed by atoms with Crippen molar-refractivity contribution in [2.45, 2.75) is 64.9 Å². The number of amidine groups is 1. The lowest BCUT2D eigenvalue weighted by molar-refractivity contribution is -0.274. The highest BCUT2D eigenvalue weighted by atomic mass is 32.2. The summed E-state index contributed by atoms with van der Waals surface area (Å²) in [6, 6.07) is 16.9. The first-order valence-electron chi connectivity index (χ1n) is 14.9. The molecule has 0 aliphatic carbocycles. The summed E-state index contributed by atoms with van der Waals surface area (Å²) in [5.74, 6) is 0.714. The summed E-state index contributed by atoms with van der Waals surface area (Å²) in [6.07, 6.45) is -1.76. The zero-order chi connectivity index (χ0) is 33.0. The van der Waals surface area contributed by atoms with Gasteiger partial charge < -0.3 is 15.0 Å². The van der Waals surface area contributed by atoms with Gasteiger partial charge in [-0.1, -0.05) is 56.8 Å². The van der Waals surface area contributed by atoms with Gasteiger partial charge in [-0.2, -0.15) is 4.99 Å². The number of carbonyl (C=O) groups is 1. The van der Waals surface area contributed by atoms with Crippen LogP contribution in [0, 0.1) is 5.82 Å². The highest BCUT2D eigenvalue weighted by Crippen LogP contribution is 2.35. The van der Waals surface area contributed by atoms with Crippen molar-refractivity contribution in [3.05, 3.63) is 90.0 Å². The SMILES string of the molecule is CCC(NC(=O)N=C1SCCC(C)N1c1ccc(F)cc1C(C)C)c1ccc(-c2ncn(-c3ccc(OC(F)(F)F)cc3)n2)cc1. The molecule has 1 fully saturated rings. The van der Waals surface area contributed by atoms with Crippen molar-refractivity contribution in [2.24, 2.45) is 4.99 Å². The zero-order valence-electron chi connectivity index (χ0n) is 25.8. The number of thioether (sulfide) groups is 1. The predicted octanol–water partition coefficient (Wildman–Crippen LogP) is 8.64. The summed E-state index contributed by atoms with van der Waals surface area (Å²) in [4.78, 5) is 24.1. The van der Waals surface area contributed by atoms with Gasteiger partial charge in [0, 0.05) is 23.0 Å². The molecule has 1 saturated heterocycles. The quantitative estimate of drug-likeness (QED) is 0.192. The van der Waals surface area contributed by atoms with Crippen molar-refractivity contribution in [3.8, 4) is 22.8 Å². The van der Waals surface area contributed by atoms with Gasteiger partial charge in [0.1, 0.15) is 17.9 Å². The Kier molecular flexibility index (Phi) is 10.00. The molecule has 0 saturated carbocycles. The Labute approximate surface area is 268 Å². The molecular weight excluding hydrogens is 620 g/mol. The number of carbonyl (C=O) groups excluding carboxylic acids is 1. The Balaban J connectivity index is 1.29. The fraction of sp³-hybridized carbons (Fsp3) is 0.333. The van der Waals surface area contributed by atoms with E-state index in [-0.39, 0.29) is 29.6 Å². The van der Waals surface area contributed by atoms with E-state index in [1.165, 1.54) is 53.1 Å². The van der Waals surface area contributed by atoms with Crippen molar-refractivity contribution in [3.63, 3.8) is 0 Å². The monoisotopic (exact) mass is 654 g/mol. The molecule has 2 atom stereocenters. The molecule has 2 unspecified atom stereocenters. The second-order valence-corrected chi connectivity index (χ2v) is 12.3. The van der Waals surface area contributed by atoms with Gasteiger partial charge in [0.15, 0.2) is 11.0 Å². The van der Waals surface area contributed by atoms with Crippen LogP contribution in [0.25, 0.3) is 17.1 Å². The van der Waals surface area contributed by atoms with Crippen LogP contribution in [0.15, 0.2) is 78.0 Å². The van der Waals surface area contributed by atoms with Gasteiger partial charge in [-0.15, -0.1) is 18.3 Å². The third-order valence-electron chi connectivity index (χ3n) is 7.59. The van der Waals surface area contributed by atoms with Crippen LogP contribution < -0.4 is 15.0 Å². The Bertz CT molecular complexity index is 1690. The number of ether oxygens (including phenoxy) is 1. The number of amides is 2. The van der Waals surface area contributed by atoms with Crippen molar-refractivity contribution >= 4 is 28.6 Å². The molecule has 0 bridgehead atoms. The Morgan fingerprint density at radius 2 is 1.83 bits per heavy atom. The van der Waals surface area contributed by atoms with Crippen LogP contribution in [0.5, 0.6) is 5.75 Å². The number of aromatic nitrogens is 3. The number of rotatable bonds is 8. The van der Waals surface area contributed by atoms with E-state index in [4.69, 9.17) is 0 Å². The standard InChI is InChI=1S/C33H34F4N6O2S/c1-5-28(39-31(44)40-32-43(21(4)16-17-46-32)29-15-10-24(34)18-27(29)20(2)3)22-6-8-23(9-7-22)30-38-19-42(41-30)25-11-13-26(14-12-25)45-33(35,36)37/h6-15,18-21,28H,5,16-17H2,1-4H3,(H,39,44). The zero-order valence-corrected chi connectivity index (χ0v) is 26.6. The van der Waals surface area contributed by atoms with Crippen molar-refractivity contribution < 1.29 is 27.1 Å². The molecule has 8 nitrogen and oxygen atoms in total. The summed E-state index contributed by atoms with van der Waals surface area (Å²) in [5, 5.41) is 8.06. The molecule has 1 aliphatic heterocycles. The predicted molar refractivity (Wildman–Crippen MR) is 172 cm³/mol. The molecule has 1 aliphatic rings. The number of anilines is 1. The molecule has 1 N–H and O–H groups in total. The third-order valence-corrected chi connectivity index (χ3v) is 8.57. The summed E-state index contributed by atoms with van der Waals surface area (Å²) < 4.78 is 56.9. The van der Waals surface area contributed by atoms with E-state index >= 15 is 0 Å². The van der Waals surface area contributed by atoms with Crippen LogP contribution in [-0.4, -0.2) is 44.1 Å². The summed E-state index contributed by atoms with van der Waals surface area (Å²) in [6.45, 7) is 8.08. The largest absolute Gasteiger partial charge is 0.573 e. The average molecular weight is 655 g/mol. The molecular formula is C33H34F4N6O2S. The summed E-state index contributed by atoms with van der Waals surface area (Å²) in [7, 11) is 0. The molecule has 3 aromatic carbocycles. The number of alkyl halides is 3. The summed E-state index contributed by atoms with van der Waals surface area (Å²) >= 11 is 1.51. The maximum absolute atomic E-state index is 14.1. The molecule has 5 rings (SSSR count). The van der Waals surface area contributed by atoms with Crippen LogP contribution >= 0.6 is 11.8 Å². The molecule has 0 radical (unpaired) electrons. The van der Waals surface area contributed by atoms with Crippen molar-refractivity contribution in [2.75, 3.05) is 10.7 Å². The van der Waals surface area contributed by atoms with Gasteiger partial charge in [-0.3, -0.25) is 0 Å². The number of urea groups is 1. The first kappa shape index (κ1) is 33.0. The number of hydrogen-bond acceptors (Lipinski definition) is 5. The smallest absolute Gasteiger partial charge is 0.406 e. The first-order valence-corrected chi connectivity index (χ1v) is 15.9. The van der Waals surface area contributed by atoms with Crippen molar-refractivity contribution in [1.29, 1.82) is 0 Å². The number of halogens is 4. The van der Waals surface area contributed by atoms with Crippen LogP contribution in [0.2, 0.25) is 0 Å². The minimum atomic E-state index is -4.77. The van der Waals surface area contributed by atoms with Gasteiger partial charge in [-0.05, 0) is 79.3 Å². The van der Waals surface area contributed by atoms with E-state index in [9.17, 15) is 22.4 Å². The second kappa shape index (κ2) is 13.9. The number of hydrogen-bond donors (Lipinski definition) is 1. The Hall–Kier alpha value is -4.39. The maximum Gasteiger partial charge on any atom is 0.573 e. The van der Waals surface area contributed by atoms with Crippen LogP contribution in [0.4, 0.5) is 28.0 Å². The third kappa shape index (κ3) is 7.87.